The van der Waals surface area contributed by atoms with Crippen LogP contribution in [0, 0.1) is 0 Å². The number of aromatic nitrogens is 3. The topological polar surface area (TPSA) is 111 Å². The minimum atomic E-state index is -0.587. The number of hydrogen-bond donors (Lipinski definition) is 4. The number of para-hydroxylation sites is 1. The molecule has 7 nitrogen and oxygen atoms in total. The van der Waals surface area contributed by atoms with Crippen LogP contribution in [0.25, 0.3) is 10.9 Å². The molecule has 0 fully saturated rings. The third kappa shape index (κ3) is 3.90. The van der Waals surface area contributed by atoms with Crippen molar-refractivity contribution in [2.75, 3.05) is 6.54 Å². The number of allylic oxidation sites excluding steroid dienone is 2. The van der Waals surface area contributed by atoms with E-state index in [0.717, 1.165) is 27.7 Å². The van der Waals surface area contributed by atoms with Gasteiger partial charge in [0.25, 0.3) is 0 Å². The van der Waals surface area contributed by atoms with Crippen molar-refractivity contribution >= 4 is 22.6 Å². The molecule has 2 aromatic carbocycles. The molecule has 7 heteroatoms. The Labute approximate surface area is 196 Å². The molecule has 1 aliphatic rings. The van der Waals surface area contributed by atoms with E-state index in [2.05, 4.69) is 20.3 Å². The molecule has 2 unspecified atom stereocenters. The summed E-state index contributed by atoms with van der Waals surface area (Å²) in [6.07, 6.45) is 4.14. The van der Waals surface area contributed by atoms with Gasteiger partial charge in [-0.3, -0.25) is 9.59 Å². The summed E-state index contributed by atoms with van der Waals surface area (Å²) in [5.74, 6) is -0.496. The molecule has 2 heterocycles. The fraction of sp³-hybridized carbons (Fsp3) is 0.222. The molecule has 0 radical (unpaired) electrons. The number of fused-ring (bicyclic) bond motifs is 1. The first-order valence-electron chi connectivity index (χ1n) is 11.4. The zero-order valence-electron chi connectivity index (χ0n) is 18.8. The molecular weight excluding hydrogens is 428 g/mol. The first-order valence-corrected chi connectivity index (χ1v) is 11.4. The number of rotatable bonds is 7. The summed E-state index contributed by atoms with van der Waals surface area (Å²) in [6, 6.07) is 17.5. The van der Waals surface area contributed by atoms with Crippen molar-refractivity contribution in [3.05, 3.63) is 101 Å². The third-order valence-electron chi connectivity index (χ3n) is 6.46. The maximum absolute atomic E-state index is 13.4. The minimum Gasteiger partial charge on any atom is -0.511 e. The van der Waals surface area contributed by atoms with Gasteiger partial charge in [-0.05, 0) is 23.6 Å². The monoisotopic (exact) mass is 454 g/mol. The van der Waals surface area contributed by atoms with Crippen molar-refractivity contribution in [1.29, 1.82) is 0 Å². The van der Waals surface area contributed by atoms with Gasteiger partial charge in [0.15, 0.2) is 5.78 Å². The summed E-state index contributed by atoms with van der Waals surface area (Å²) >= 11 is 0. The number of amides is 1. The van der Waals surface area contributed by atoms with E-state index < -0.39 is 5.92 Å². The number of ketones is 1. The Kier molecular flexibility index (Phi) is 5.76. The van der Waals surface area contributed by atoms with E-state index in [1.165, 1.54) is 6.92 Å². The first-order chi connectivity index (χ1) is 16.5. The Morgan fingerprint density at radius 2 is 1.94 bits per heavy atom. The number of benzene rings is 2. The second-order valence-corrected chi connectivity index (χ2v) is 8.59. The number of carbonyl (C=O) groups is 2. The second-order valence-electron chi connectivity index (χ2n) is 8.59. The minimum absolute atomic E-state index is 0.0871. The zero-order chi connectivity index (χ0) is 23.7. The standard InChI is InChI=1S/C27H26N4O3/c1-16(32)28-12-11-19-18-9-5-6-10-21(18)31-25(19)24(27-29-13-14-30-27)23-22(33)15-20(26(23)34)17-7-3-2-4-8-17/h2-10,13-14,20,24,31,34H,11-12,15H2,1H3,(H,28,32)(H,29,30). The molecule has 0 saturated heterocycles. The number of imidazole rings is 1. The lowest BCUT2D eigenvalue weighted by molar-refractivity contribution is -0.119. The molecule has 4 N–H and O–H groups in total. The van der Waals surface area contributed by atoms with Crippen molar-refractivity contribution in [3.8, 4) is 0 Å². The van der Waals surface area contributed by atoms with Gasteiger partial charge in [0.2, 0.25) is 5.91 Å². The lowest BCUT2D eigenvalue weighted by Crippen LogP contribution is -2.23. The van der Waals surface area contributed by atoms with Crippen molar-refractivity contribution in [3.63, 3.8) is 0 Å². The van der Waals surface area contributed by atoms with Crippen LogP contribution in [0.2, 0.25) is 0 Å². The fourth-order valence-electron chi connectivity index (χ4n) is 4.95. The molecule has 1 aliphatic carbocycles. The SMILES string of the molecule is CC(=O)NCCc1c(C(C2=C(O)C(c3ccccc3)CC2=O)c2ncc[nH]2)[nH]c2ccccc12. The lowest BCUT2D eigenvalue weighted by atomic mass is 9.89. The van der Waals surface area contributed by atoms with Crippen LogP contribution >= 0.6 is 0 Å². The van der Waals surface area contributed by atoms with Gasteiger partial charge < -0.3 is 20.4 Å². The maximum atomic E-state index is 13.4. The summed E-state index contributed by atoms with van der Waals surface area (Å²) in [5, 5.41) is 15.2. The molecule has 5 rings (SSSR count). The predicted molar refractivity (Wildman–Crippen MR) is 130 cm³/mol. The van der Waals surface area contributed by atoms with E-state index in [-0.39, 0.29) is 29.8 Å². The molecule has 0 aliphatic heterocycles. The highest BCUT2D eigenvalue weighted by atomic mass is 16.3. The van der Waals surface area contributed by atoms with E-state index >= 15 is 0 Å². The number of hydrogen-bond acceptors (Lipinski definition) is 4. The summed E-state index contributed by atoms with van der Waals surface area (Å²) < 4.78 is 0. The molecule has 1 amide bonds. The number of Topliss-reactive ketones (excluding diaryl/α,β-unsaturated/α-hetero) is 1. The zero-order valence-corrected chi connectivity index (χ0v) is 18.8. The third-order valence-corrected chi connectivity index (χ3v) is 6.46. The van der Waals surface area contributed by atoms with Gasteiger partial charge in [-0.2, -0.15) is 0 Å². The number of aliphatic hydroxyl groups is 1. The number of H-pyrrole nitrogens is 2. The number of aromatic amines is 2. The number of nitrogens with zero attached hydrogens (tertiary/aromatic N) is 1. The maximum Gasteiger partial charge on any atom is 0.216 e. The highest BCUT2D eigenvalue weighted by molar-refractivity contribution is 6.02. The highest BCUT2D eigenvalue weighted by Gasteiger charge is 2.41. The van der Waals surface area contributed by atoms with Crippen LogP contribution in [0.15, 0.2) is 78.3 Å². The van der Waals surface area contributed by atoms with E-state index in [9.17, 15) is 14.7 Å². The van der Waals surface area contributed by atoms with Crippen molar-refractivity contribution in [2.45, 2.75) is 31.6 Å². The molecule has 2 aromatic heterocycles. The van der Waals surface area contributed by atoms with E-state index in [1.807, 2.05) is 54.6 Å². The molecule has 172 valence electrons. The molecule has 2 atom stereocenters. The van der Waals surface area contributed by atoms with Gasteiger partial charge in [0.1, 0.15) is 11.6 Å². The number of nitrogens with one attached hydrogen (secondary N) is 3. The van der Waals surface area contributed by atoms with E-state index in [1.54, 1.807) is 12.4 Å². The fourth-order valence-corrected chi connectivity index (χ4v) is 4.95. The molecule has 4 aromatic rings. The summed E-state index contributed by atoms with van der Waals surface area (Å²) in [6.45, 7) is 1.95. The molecular formula is C27H26N4O3. The van der Waals surface area contributed by atoms with Crippen LogP contribution in [-0.2, 0) is 16.0 Å². The van der Waals surface area contributed by atoms with Gasteiger partial charge in [-0.25, -0.2) is 4.98 Å². The summed E-state index contributed by atoms with van der Waals surface area (Å²) in [5.41, 5.74) is 3.98. The Morgan fingerprint density at radius 1 is 1.18 bits per heavy atom. The smallest absolute Gasteiger partial charge is 0.216 e. The van der Waals surface area contributed by atoms with Crippen LogP contribution in [0.4, 0.5) is 0 Å². The second kappa shape index (κ2) is 9.02. The van der Waals surface area contributed by atoms with Crippen molar-refractivity contribution in [1.82, 2.24) is 20.3 Å². The Morgan fingerprint density at radius 3 is 2.68 bits per heavy atom. The van der Waals surface area contributed by atoms with Crippen LogP contribution in [0.1, 0.15) is 47.8 Å². The molecule has 34 heavy (non-hydrogen) atoms. The Bertz CT molecular complexity index is 1370. The number of aliphatic hydroxyl groups excluding tert-OH is 1. The normalized spacial score (nSPS) is 16.9. The summed E-state index contributed by atoms with van der Waals surface area (Å²) in [7, 11) is 0. The first kappa shape index (κ1) is 21.7. The average molecular weight is 455 g/mol. The van der Waals surface area contributed by atoms with Crippen LogP contribution in [-0.4, -0.2) is 38.3 Å². The quantitative estimate of drug-likeness (QED) is 0.334. The van der Waals surface area contributed by atoms with Gasteiger partial charge in [-0.1, -0.05) is 48.5 Å². The molecule has 0 bridgehead atoms. The van der Waals surface area contributed by atoms with Gasteiger partial charge in [0, 0.05) is 60.4 Å². The summed E-state index contributed by atoms with van der Waals surface area (Å²) in [4.78, 5) is 36.0. The average Bonchev–Trinajstić information content (AvgIpc) is 3.55. The lowest BCUT2D eigenvalue weighted by Gasteiger charge is -2.18. The Balaban J connectivity index is 1.67. The van der Waals surface area contributed by atoms with Gasteiger partial charge >= 0.3 is 0 Å². The van der Waals surface area contributed by atoms with Crippen LogP contribution in [0.5, 0.6) is 0 Å². The largest absolute Gasteiger partial charge is 0.511 e. The number of carbonyl (C=O) groups excluding carboxylic acids is 2. The Hall–Kier alpha value is -4.13. The van der Waals surface area contributed by atoms with Crippen molar-refractivity contribution in [2.24, 2.45) is 0 Å². The van der Waals surface area contributed by atoms with Gasteiger partial charge in [0.05, 0.1) is 5.92 Å². The predicted octanol–water partition coefficient (Wildman–Crippen LogP) is 4.27. The highest BCUT2D eigenvalue weighted by Crippen LogP contribution is 2.45. The van der Waals surface area contributed by atoms with E-state index in [0.29, 0.717) is 24.4 Å². The van der Waals surface area contributed by atoms with Crippen LogP contribution < -0.4 is 5.32 Å². The molecule has 0 spiro atoms. The molecule has 0 saturated carbocycles. The van der Waals surface area contributed by atoms with Gasteiger partial charge in [-0.15, -0.1) is 0 Å². The van der Waals surface area contributed by atoms with Crippen molar-refractivity contribution < 1.29 is 14.7 Å². The van der Waals surface area contributed by atoms with Crippen LogP contribution in [0.3, 0.4) is 0 Å². The van der Waals surface area contributed by atoms with E-state index in [4.69, 9.17) is 0 Å².